The second kappa shape index (κ2) is 8.44. The van der Waals surface area contributed by atoms with E-state index in [4.69, 9.17) is 10.5 Å². The van der Waals surface area contributed by atoms with Crippen LogP contribution in [0.4, 0.5) is 10.8 Å². The minimum absolute atomic E-state index is 0.156. The average molecular weight is 399 g/mol. The molecule has 10 heteroatoms. The van der Waals surface area contributed by atoms with Gasteiger partial charge < -0.3 is 10.5 Å². The number of aromatic nitrogens is 1. The number of nitrogens with zero attached hydrogens (tertiary/aromatic N) is 3. The summed E-state index contributed by atoms with van der Waals surface area (Å²) in [6.07, 6.45) is 2.07. The zero-order valence-electron chi connectivity index (χ0n) is 14.9. The zero-order valence-corrected chi connectivity index (χ0v) is 15.7. The van der Waals surface area contributed by atoms with Crippen molar-refractivity contribution < 1.29 is 14.5 Å². The molecule has 0 aliphatic heterocycles. The Morgan fingerprint density at radius 1 is 1.39 bits per heavy atom. The van der Waals surface area contributed by atoms with Gasteiger partial charge in [0.2, 0.25) is 0 Å². The van der Waals surface area contributed by atoms with Gasteiger partial charge in [0, 0.05) is 17.2 Å². The quantitative estimate of drug-likeness (QED) is 0.356. The summed E-state index contributed by atoms with van der Waals surface area (Å²) in [5.74, 6) is -0.215. The van der Waals surface area contributed by atoms with Crippen LogP contribution in [0, 0.1) is 10.1 Å². The molecule has 3 aromatic rings. The number of nitro benzene ring substituents is 1. The summed E-state index contributed by atoms with van der Waals surface area (Å²) >= 11 is 1.29. The minimum Gasteiger partial charge on any atom is -0.487 e. The largest absolute Gasteiger partial charge is 0.487 e. The predicted octanol–water partition coefficient (Wildman–Crippen LogP) is 3.34. The van der Waals surface area contributed by atoms with E-state index in [9.17, 15) is 14.9 Å². The monoisotopic (exact) mass is 399 g/mol. The van der Waals surface area contributed by atoms with Gasteiger partial charge in [0.05, 0.1) is 28.0 Å². The Labute approximate surface area is 164 Å². The number of nitro groups is 1. The summed E-state index contributed by atoms with van der Waals surface area (Å²) in [4.78, 5) is 27.1. The van der Waals surface area contributed by atoms with Gasteiger partial charge in [0.1, 0.15) is 0 Å². The molecule has 0 aliphatic carbocycles. The molecule has 9 nitrogen and oxygen atoms in total. The van der Waals surface area contributed by atoms with Crippen LogP contribution < -0.4 is 15.9 Å². The van der Waals surface area contributed by atoms with E-state index in [1.165, 1.54) is 29.7 Å². The number of ether oxygens (including phenoxy) is 1. The van der Waals surface area contributed by atoms with Crippen molar-refractivity contribution in [3.05, 3.63) is 57.6 Å². The van der Waals surface area contributed by atoms with E-state index >= 15 is 0 Å². The number of hydrogen-bond donors (Lipinski definition) is 2. The number of amides is 1. The van der Waals surface area contributed by atoms with Crippen LogP contribution in [0.3, 0.4) is 0 Å². The van der Waals surface area contributed by atoms with Crippen LogP contribution in [0.2, 0.25) is 0 Å². The van der Waals surface area contributed by atoms with Gasteiger partial charge in [0.15, 0.2) is 10.9 Å². The number of hydrazone groups is 1. The van der Waals surface area contributed by atoms with Crippen LogP contribution in [-0.4, -0.2) is 28.6 Å². The van der Waals surface area contributed by atoms with Crippen molar-refractivity contribution in [2.24, 2.45) is 5.10 Å². The number of nitrogens with one attached hydrogen (secondary N) is 1. The number of carbonyl (C=O) groups is 1. The van der Waals surface area contributed by atoms with Gasteiger partial charge in [-0.1, -0.05) is 18.3 Å². The summed E-state index contributed by atoms with van der Waals surface area (Å²) in [7, 11) is 0. The molecule has 144 valence electrons. The van der Waals surface area contributed by atoms with Crippen molar-refractivity contribution in [1.29, 1.82) is 0 Å². The highest BCUT2D eigenvalue weighted by atomic mass is 32.1. The molecule has 3 rings (SSSR count). The van der Waals surface area contributed by atoms with Crippen LogP contribution in [0.5, 0.6) is 5.75 Å². The summed E-state index contributed by atoms with van der Waals surface area (Å²) in [6.45, 7) is 2.30. The second-order valence-electron chi connectivity index (χ2n) is 5.77. The van der Waals surface area contributed by atoms with Crippen molar-refractivity contribution in [3.63, 3.8) is 0 Å². The lowest BCUT2D eigenvalue weighted by molar-refractivity contribution is -0.385. The number of carbonyl (C=O) groups excluding carboxylic acids is 1. The fraction of sp³-hybridized carbons (Fsp3) is 0.167. The molecule has 1 amide bonds. The number of rotatable bonds is 7. The first kappa shape index (κ1) is 19.2. The standard InChI is InChI=1S/C18H17N5O4S/c1-2-7-27-15-6-3-11(8-14(15)23(25)26)10-20-22-17(24)12-4-5-13-16(9-12)28-18(19)21-13/h3-6,8-10H,2,7H2,1H3,(H2,19,21)(H,22,24)/b20-10-. The van der Waals surface area contributed by atoms with Crippen LogP contribution in [0.15, 0.2) is 41.5 Å². The minimum atomic E-state index is -0.517. The molecule has 1 heterocycles. The molecule has 1 aromatic heterocycles. The molecule has 28 heavy (non-hydrogen) atoms. The van der Waals surface area contributed by atoms with Gasteiger partial charge in [-0.25, -0.2) is 10.4 Å². The number of fused-ring (bicyclic) bond motifs is 1. The number of nitrogen functional groups attached to an aromatic ring is 1. The molecule has 0 saturated carbocycles. The van der Waals surface area contributed by atoms with E-state index in [0.29, 0.717) is 22.9 Å². The average Bonchev–Trinajstić information content (AvgIpc) is 3.05. The van der Waals surface area contributed by atoms with Crippen molar-refractivity contribution in [2.45, 2.75) is 13.3 Å². The Morgan fingerprint density at radius 2 is 2.21 bits per heavy atom. The first-order valence-electron chi connectivity index (χ1n) is 8.38. The molecule has 0 spiro atoms. The van der Waals surface area contributed by atoms with E-state index in [1.807, 2.05) is 6.92 Å². The Morgan fingerprint density at radius 3 is 2.96 bits per heavy atom. The fourth-order valence-corrected chi connectivity index (χ4v) is 3.18. The Bertz CT molecular complexity index is 1060. The molecule has 0 radical (unpaired) electrons. The van der Waals surface area contributed by atoms with Crippen LogP contribution in [0.25, 0.3) is 10.2 Å². The highest BCUT2D eigenvalue weighted by Gasteiger charge is 2.15. The molecule has 0 bridgehead atoms. The van der Waals surface area contributed by atoms with Crippen molar-refractivity contribution in [3.8, 4) is 5.75 Å². The van der Waals surface area contributed by atoms with Crippen molar-refractivity contribution in [2.75, 3.05) is 12.3 Å². The van der Waals surface area contributed by atoms with Crippen molar-refractivity contribution in [1.82, 2.24) is 10.4 Å². The molecular formula is C18H17N5O4S. The van der Waals surface area contributed by atoms with E-state index < -0.39 is 10.8 Å². The van der Waals surface area contributed by atoms with E-state index in [1.54, 1.807) is 24.3 Å². The lowest BCUT2D eigenvalue weighted by Crippen LogP contribution is -2.17. The highest BCUT2D eigenvalue weighted by molar-refractivity contribution is 7.22. The molecule has 0 unspecified atom stereocenters. The second-order valence-corrected chi connectivity index (χ2v) is 6.83. The van der Waals surface area contributed by atoms with Gasteiger partial charge in [0.25, 0.3) is 5.91 Å². The third kappa shape index (κ3) is 4.41. The van der Waals surface area contributed by atoms with Crippen LogP contribution in [-0.2, 0) is 0 Å². The van der Waals surface area contributed by atoms with Gasteiger partial charge in [-0.3, -0.25) is 14.9 Å². The van der Waals surface area contributed by atoms with Crippen LogP contribution >= 0.6 is 11.3 Å². The third-order valence-corrected chi connectivity index (χ3v) is 4.54. The number of benzene rings is 2. The van der Waals surface area contributed by atoms with E-state index in [0.717, 1.165) is 16.6 Å². The molecule has 3 N–H and O–H groups in total. The molecule has 0 fully saturated rings. The topological polar surface area (TPSA) is 133 Å². The smallest absolute Gasteiger partial charge is 0.311 e. The fourth-order valence-electron chi connectivity index (χ4n) is 2.41. The lowest BCUT2D eigenvalue weighted by Gasteiger charge is -2.05. The normalized spacial score (nSPS) is 11.0. The number of nitrogens with two attached hydrogens (primary N) is 1. The van der Waals surface area contributed by atoms with Gasteiger partial charge in [-0.05, 0) is 36.8 Å². The van der Waals surface area contributed by atoms with Gasteiger partial charge >= 0.3 is 5.69 Å². The first-order valence-corrected chi connectivity index (χ1v) is 9.20. The number of anilines is 1. The molecule has 0 atom stereocenters. The summed E-state index contributed by atoms with van der Waals surface area (Å²) in [5.41, 5.74) is 9.49. The predicted molar refractivity (Wildman–Crippen MR) is 108 cm³/mol. The molecular weight excluding hydrogens is 382 g/mol. The molecule has 0 saturated heterocycles. The molecule has 0 aliphatic rings. The van der Waals surface area contributed by atoms with E-state index in [2.05, 4.69) is 15.5 Å². The summed E-state index contributed by atoms with van der Waals surface area (Å²) in [5, 5.41) is 15.5. The molecule has 2 aromatic carbocycles. The number of hydrogen-bond acceptors (Lipinski definition) is 8. The summed E-state index contributed by atoms with van der Waals surface area (Å²) in [6, 6.07) is 9.49. The zero-order chi connectivity index (χ0) is 20.1. The van der Waals surface area contributed by atoms with Crippen molar-refractivity contribution >= 4 is 44.5 Å². The Balaban J connectivity index is 1.71. The van der Waals surface area contributed by atoms with Gasteiger partial charge in [-0.2, -0.15) is 5.10 Å². The Kier molecular flexibility index (Phi) is 5.80. The SMILES string of the molecule is CCCOc1ccc(/C=N\NC(=O)c2ccc3nc(N)sc3c2)cc1[N+](=O)[O-]. The lowest BCUT2D eigenvalue weighted by atomic mass is 10.2. The van der Waals surface area contributed by atoms with E-state index in [-0.39, 0.29) is 11.4 Å². The Hall–Kier alpha value is -3.53. The number of thiazole rings is 1. The first-order chi connectivity index (χ1) is 13.5. The maximum absolute atomic E-state index is 12.2. The van der Waals surface area contributed by atoms with Gasteiger partial charge in [-0.15, -0.1) is 0 Å². The maximum atomic E-state index is 12.2. The maximum Gasteiger partial charge on any atom is 0.311 e. The highest BCUT2D eigenvalue weighted by Crippen LogP contribution is 2.27. The van der Waals surface area contributed by atoms with Crippen LogP contribution in [0.1, 0.15) is 29.3 Å². The summed E-state index contributed by atoms with van der Waals surface area (Å²) < 4.78 is 6.17. The third-order valence-electron chi connectivity index (χ3n) is 3.69.